The number of ether oxygens (including phenoxy) is 2. The lowest BCUT2D eigenvalue weighted by Gasteiger charge is -2.30. The Morgan fingerprint density at radius 1 is 1.08 bits per heavy atom. The normalized spacial score (nSPS) is 13.3. The second kappa shape index (κ2) is 7.84. The van der Waals surface area contributed by atoms with Crippen LogP contribution in [0, 0.1) is 0 Å². The Hall–Kier alpha value is -1.79. The molecule has 3 rings (SSSR count). The van der Waals surface area contributed by atoms with Crippen LogP contribution in [-0.2, 0) is 12.0 Å². The number of methoxy groups -OCH3 is 2. The van der Waals surface area contributed by atoms with E-state index in [0.29, 0.717) is 28.0 Å². The topological polar surface area (TPSA) is 57.4 Å². The van der Waals surface area contributed by atoms with E-state index < -0.39 is 5.54 Å². The average molecular weight is 409 g/mol. The van der Waals surface area contributed by atoms with Crippen molar-refractivity contribution in [2.45, 2.75) is 12.0 Å². The van der Waals surface area contributed by atoms with Crippen molar-refractivity contribution in [1.82, 2.24) is 4.98 Å². The van der Waals surface area contributed by atoms with Crippen LogP contribution in [0.4, 0.5) is 0 Å². The minimum atomic E-state index is -0.831. The van der Waals surface area contributed by atoms with Gasteiger partial charge in [0.05, 0.1) is 29.8 Å². The van der Waals surface area contributed by atoms with Gasteiger partial charge in [0.2, 0.25) is 0 Å². The molecule has 0 fully saturated rings. The van der Waals surface area contributed by atoms with E-state index in [1.54, 1.807) is 38.0 Å². The van der Waals surface area contributed by atoms with Gasteiger partial charge in [-0.25, -0.2) is 0 Å². The van der Waals surface area contributed by atoms with Gasteiger partial charge in [-0.3, -0.25) is 4.98 Å². The molecule has 0 spiro atoms. The zero-order chi connectivity index (χ0) is 18.7. The van der Waals surface area contributed by atoms with Gasteiger partial charge in [0.1, 0.15) is 0 Å². The lowest BCUT2D eigenvalue weighted by molar-refractivity contribution is 0.353. The summed E-state index contributed by atoms with van der Waals surface area (Å²) in [6.45, 7) is 0. The summed E-state index contributed by atoms with van der Waals surface area (Å²) in [4.78, 5) is 5.02. The fraction of sp³-hybridized carbons (Fsp3) is 0.211. The molecule has 0 amide bonds. The van der Waals surface area contributed by atoms with Crippen molar-refractivity contribution in [3.63, 3.8) is 0 Å². The van der Waals surface area contributed by atoms with Crippen molar-refractivity contribution < 1.29 is 9.47 Å². The Balaban J connectivity index is 2.14. The van der Waals surface area contributed by atoms with Crippen LogP contribution >= 0.6 is 34.5 Å². The molecule has 0 aliphatic carbocycles. The van der Waals surface area contributed by atoms with Gasteiger partial charge in [0.15, 0.2) is 11.5 Å². The molecule has 3 aromatic rings. The Kier molecular flexibility index (Phi) is 5.73. The number of nitrogens with two attached hydrogens (primary N) is 1. The van der Waals surface area contributed by atoms with Gasteiger partial charge in [-0.2, -0.15) is 0 Å². The van der Waals surface area contributed by atoms with Crippen LogP contribution in [0.3, 0.4) is 0 Å². The molecule has 2 N–H and O–H groups in total. The first-order valence-corrected chi connectivity index (χ1v) is 9.46. The highest BCUT2D eigenvalue weighted by atomic mass is 35.5. The molecule has 0 aliphatic rings. The summed E-state index contributed by atoms with van der Waals surface area (Å²) < 4.78 is 10.8. The maximum atomic E-state index is 6.95. The van der Waals surface area contributed by atoms with Crippen LogP contribution in [0.25, 0.3) is 0 Å². The average Bonchev–Trinajstić information content (AvgIpc) is 3.19. The molecule has 2 heterocycles. The quantitative estimate of drug-likeness (QED) is 0.629. The first-order valence-electron chi connectivity index (χ1n) is 7.83. The smallest absolute Gasteiger partial charge is 0.161 e. The summed E-state index contributed by atoms with van der Waals surface area (Å²) in [5, 5.41) is 2.97. The summed E-state index contributed by atoms with van der Waals surface area (Å²) in [6, 6.07) is 9.65. The first-order chi connectivity index (χ1) is 12.5. The van der Waals surface area contributed by atoms with E-state index in [-0.39, 0.29) is 0 Å². The van der Waals surface area contributed by atoms with E-state index in [2.05, 4.69) is 4.98 Å². The van der Waals surface area contributed by atoms with Gasteiger partial charge in [-0.15, -0.1) is 11.3 Å². The third-order valence-corrected chi connectivity index (χ3v) is 5.97. The third-order valence-electron chi connectivity index (χ3n) is 4.27. The Labute approximate surface area is 166 Å². The summed E-state index contributed by atoms with van der Waals surface area (Å²) in [6.07, 6.45) is 3.57. The molecule has 1 atom stereocenters. The molecular formula is C19H18Cl2N2O2S. The number of benzene rings is 1. The van der Waals surface area contributed by atoms with E-state index in [1.807, 2.05) is 35.7 Å². The second-order valence-electron chi connectivity index (χ2n) is 5.78. The monoisotopic (exact) mass is 408 g/mol. The van der Waals surface area contributed by atoms with Crippen molar-refractivity contribution in [2.75, 3.05) is 14.2 Å². The largest absolute Gasteiger partial charge is 0.493 e. The van der Waals surface area contributed by atoms with E-state index in [9.17, 15) is 0 Å². The predicted molar refractivity (Wildman–Crippen MR) is 107 cm³/mol. The van der Waals surface area contributed by atoms with Crippen LogP contribution in [0.15, 0.2) is 48.1 Å². The number of thiophene rings is 1. The van der Waals surface area contributed by atoms with Crippen molar-refractivity contribution >= 4 is 34.5 Å². The van der Waals surface area contributed by atoms with E-state index in [0.717, 1.165) is 16.0 Å². The van der Waals surface area contributed by atoms with Crippen LogP contribution in [0.2, 0.25) is 10.0 Å². The molecule has 1 aromatic carbocycles. The predicted octanol–water partition coefficient (Wildman–Crippen LogP) is 4.91. The number of hydrogen-bond acceptors (Lipinski definition) is 5. The van der Waals surface area contributed by atoms with Crippen molar-refractivity contribution in [1.29, 1.82) is 0 Å². The fourth-order valence-electron chi connectivity index (χ4n) is 2.86. The van der Waals surface area contributed by atoms with Crippen LogP contribution in [0.1, 0.15) is 16.0 Å². The van der Waals surface area contributed by atoms with E-state index in [1.165, 1.54) is 0 Å². The summed E-state index contributed by atoms with van der Waals surface area (Å²) in [5.74, 6) is 1.26. The maximum Gasteiger partial charge on any atom is 0.161 e. The Morgan fingerprint density at radius 2 is 1.77 bits per heavy atom. The number of aromatic nitrogens is 1. The summed E-state index contributed by atoms with van der Waals surface area (Å²) >= 11 is 14.3. The maximum absolute atomic E-state index is 6.95. The number of rotatable bonds is 6. The zero-order valence-corrected chi connectivity index (χ0v) is 16.7. The number of nitrogens with zero attached hydrogens (tertiary/aromatic N) is 1. The first kappa shape index (κ1) is 19.0. The molecule has 4 nitrogen and oxygen atoms in total. The van der Waals surface area contributed by atoms with Gasteiger partial charge in [-0.05, 0) is 34.7 Å². The standard InChI is InChI=1S/C19H18Cl2N2O2S/c1-24-16-6-5-12(8-17(16)25-2)19(22,18-4-3-7-26-18)9-13-14(20)10-23-11-15(13)21/h3-8,10-11H,9,22H2,1-2H3. The number of pyridine rings is 1. The fourth-order valence-corrected chi connectivity index (χ4v) is 4.22. The molecule has 7 heteroatoms. The van der Waals surface area contributed by atoms with Gasteiger partial charge in [-0.1, -0.05) is 35.3 Å². The van der Waals surface area contributed by atoms with Gasteiger partial charge in [0.25, 0.3) is 0 Å². The van der Waals surface area contributed by atoms with E-state index >= 15 is 0 Å². The van der Waals surface area contributed by atoms with Gasteiger partial charge < -0.3 is 15.2 Å². The second-order valence-corrected chi connectivity index (χ2v) is 7.54. The molecule has 0 saturated heterocycles. The molecule has 2 aromatic heterocycles. The van der Waals surface area contributed by atoms with Crippen molar-refractivity contribution in [3.8, 4) is 11.5 Å². The van der Waals surface area contributed by atoms with Crippen molar-refractivity contribution in [2.24, 2.45) is 5.73 Å². The molecule has 1 unspecified atom stereocenters. The summed E-state index contributed by atoms with van der Waals surface area (Å²) in [5.41, 5.74) is 7.75. The lowest BCUT2D eigenvalue weighted by Crippen LogP contribution is -2.39. The molecule has 0 bridgehead atoms. The third kappa shape index (κ3) is 3.53. The van der Waals surface area contributed by atoms with Crippen LogP contribution in [-0.4, -0.2) is 19.2 Å². The van der Waals surface area contributed by atoms with Gasteiger partial charge in [0, 0.05) is 23.7 Å². The van der Waals surface area contributed by atoms with E-state index in [4.69, 9.17) is 38.4 Å². The zero-order valence-electron chi connectivity index (χ0n) is 14.3. The summed E-state index contributed by atoms with van der Waals surface area (Å²) in [7, 11) is 3.20. The van der Waals surface area contributed by atoms with Crippen LogP contribution < -0.4 is 15.2 Å². The molecule has 136 valence electrons. The highest BCUT2D eigenvalue weighted by Crippen LogP contribution is 2.40. The molecule has 26 heavy (non-hydrogen) atoms. The Morgan fingerprint density at radius 3 is 2.35 bits per heavy atom. The molecule has 0 aliphatic heterocycles. The SMILES string of the molecule is COc1ccc(C(N)(Cc2c(Cl)cncc2Cl)c2cccs2)cc1OC. The molecule has 0 radical (unpaired) electrons. The highest BCUT2D eigenvalue weighted by molar-refractivity contribution is 7.10. The Bertz CT molecular complexity index is 882. The molecular weight excluding hydrogens is 391 g/mol. The molecule has 0 saturated carbocycles. The van der Waals surface area contributed by atoms with Crippen LogP contribution in [0.5, 0.6) is 11.5 Å². The minimum absolute atomic E-state index is 0.420. The number of halogens is 2. The lowest BCUT2D eigenvalue weighted by atomic mass is 9.83. The highest BCUT2D eigenvalue weighted by Gasteiger charge is 2.33. The van der Waals surface area contributed by atoms with Crippen molar-refractivity contribution in [3.05, 3.63) is 74.2 Å². The number of hydrogen-bond donors (Lipinski definition) is 1. The minimum Gasteiger partial charge on any atom is -0.493 e. The van der Waals surface area contributed by atoms with Gasteiger partial charge >= 0.3 is 0 Å².